The van der Waals surface area contributed by atoms with E-state index in [0.29, 0.717) is 10.8 Å². The van der Waals surface area contributed by atoms with Gasteiger partial charge in [-0.15, -0.1) is 11.8 Å². The molecule has 1 aromatic heterocycles. The Balaban J connectivity index is 1.51. The molecule has 1 aromatic carbocycles. The van der Waals surface area contributed by atoms with Crippen LogP contribution in [0.15, 0.2) is 48.7 Å². The Hall–Kier alpha value is -1.52. The van der Waals surface area contributed by atoms with Crippen LogP contribution in [0.3, 0.4) is 0 Å². The summed E-state index contributed by atoms with van der Waals surface area (Å²) < 4.78 is 0. The van der Waals surface area contributed by atoms with Crippen molar-refractivity contribution in [2.75, 3.05) is 5.75 Å². The minimum absolute atomic E-state index is 0.0680. The fourth-order valence-corrected chi connectivity index (χ4v) is 3.36. The van der Waals surface area contributed by atoms with Crippen molar-refractivity contribution in [1.82, 2.24) is 10.3 Å². The lowest BCUT2D eigenvalue weighted by Crippen LogP contribution is -2.36. The van der Waals surface area contributed by atoms with E-state index in [-0.39, 0.29) is 11.4 Å². The van der Waals surface area contributed by atoms with Gasteiger partial charge in [-0.3, -0.25) is 9.78 Å². The van der Waals surface area contributed by atoms with Crippen molar-refractivity contribution in [3.8, 4) is 0 Å². The van der Waals surface area contributed by atoms with Crippen LogP contribution in [0.1, 0.15) is 24.1 Å². The predicted octanol–water partition coefficient (Wildman–Crippen LogP) is 3.77. The van der Waals surface area contributed by atoms with Gasteiger partial charge in [-0.1, -0.05) is 29.8 Å². The summed E-state index contributed by atoms with van der Waals surface area (Å²) >= 11 is 7.62. The Morgan fingerprint density at radius 1 is 1.27 bits per heavy atom. The van der Waals surface area contributed by atoms with Gasteiger partial charge in [0.2, 0.25) is 5.91 Å². The molecular formula is C17H17ClN2OS. The zero-order chi connectivity index (χ0) is 15.4. The summed E-state index contributed by atoms with van der Waals surface area (Å²) in [7, 11) is 0. The average Bonchev–Trinajstić information content (AvgIpc) is 3.29. The number of hydrogen-bond acceptors (Lipinski definition) is 3. The zero-order valence-electron chi connectivity index (χ0n) is 12.1. The van der Waals surface area contributed by atoms with E-state index in [1.807, 2.05) is 42.5 Å². The number of pyridine rings is 1. The maximum atomic E-state index is 12.2. The van der Waals surface area contributed by atoms with Crippen molar-refractivity contribution in [3.05, 3.63) is 64.9 Å². The number of carbonyl (C=O) groups excluding carboxylic acids is 1. The number of carbonyl (C=O) groups is 1. The molecule has 1 N–H and O–H groups in total. The molecule has 1 fully saturated rings. The molecule has 1 aliphatic rings. The van der Waals surface area contributed by atoms with E-state index < -0.39 is 0 Å². The SMILES string of the molecule is O=C(CSCc1ccccn1)NC1(c2cccc(Cl)c2)CC1. The summed E-state index contributed by atoms with van der Waals surface area (Å²) in [6.07, 6.45) is 3.72. The van der Waals surface area contributed by atoms with Crippen LogP contribution in [0, 0.1) is 0 Å². The summed E-state index contributed by atoms with van der Waals surface area (Å²) in [5.41, 5.74) is 1.90. The predicted molar refractivity (Wildman–Crippen MR) is 90.9 cm³/mol. The molecule has 1 saturated carbocycles. The summed E-state index contributed by atoms with van der Waals surface area (Å²) in [5, 5.41) is 3.87. The second-order valence-electron chi connectivity index (χ2n) is 5.45. The third-order valence-electron chi connectivity index (χ3n) is 3.72. The molecule has 0 aliphatic heterocycles. The maximum Gasteiger partial charge on any atom is 0.230 e. The summed E-state index contributed by atoms with van der Waals surface area (Å²) in [6, 6.07) is 13.6. The van der Waals surface area contributed by atoms with Gasteiger partial charge in [0.15, 0.2) is 0 Å². The maximum absolute atomic E-state index is 12.2. The number of benzene rings is 1. The van der Waals surface area contributed by atoms with Gasteiger partial charge in [0.25, 0.3) is 0 Å². The highest BCUT2D eigenvalue weighted by atomic mass is 35.5. The van der Waals surface area contributed by atoms with Crippen LogP contribution in [0.4, 0.5) is 0 Å². The van der Waals surface area contributed by atoms with Gasteiger partial charge in [-0.05, 0) is 42.7 Å². The molecular weight excluding hydrogens is 316 g/mol. The number of aromatic nitrogens is 1. The first-order valence-electron chi connectivity index (χ1n) is 7.23. The standard InChI is InChI=1S/C17H17ClN2OS/c18-14-5-3-4-13(10-14)17(7-8-17)20-16(21)12-22-11-15-6-1-2-9-19-15/h1-6,9-10H,7-8,11-12H2,(H,20,21). The van der Waals surface area contributed by atoms with Crippen LogP contribution in [0.25, 0.3) is 0 Å². The number of nitrogens with zero attached hydrogens (tertiary/aromatic N) is 1. The minimum Gasteiger partial charge on any atom is -0.346 e. The van der Waals surface area contributed by atoms with Crippen molar-refractivity contribution in [3.63, 3.8) is 0 Å². The molecule has 0 saturated heterocycles. The van der Waals surface area contributed by atoms with Crippen molar-refractivity contribution >= 4 is 29.3 Å². The summed E-state index contributed by atoms with van der Waals surface area (Å²) in [4.78, 5) is 16.4. The quantitative estimate of drug-likeness (QED) is 0.875. The second-order valence-corrected chi connectivity index (χ2v) is 6.88. The topological polar surface area (TPSA) is 42.0 Å². The summed E-state index contributed by atoms with van der Waals surface area (Å²) in [6.45, 7) is 0. The van der Waals surface area contributed by atoms with Gasteiger partial charge in [-0.2, -0.15) is 0 Å². The number of hydrogen-bond donors (Lipinski definition) is 1. The van der Waals surface area contributed by atoms with Crippen LogP contribution in [-0.4, -0.2) is 16.6 Å². The Morgan fingerprint density at radius 2 is 2.14 bits per heavy atom. The Labute approximate surface area is 139 Å². The zero-order valence-corrected chi connectivity index (χ0v) is 13.7. The molecule has 0 spiro atoms. The van der Waals surface area contributed by atoms with Crippen LogP contribution in [-0.2, 0) is 16.1 Å². The lowest BCUT2D eigenvalue weighted by Gasteiger charge is -2.18. The van der Waals surface area contributed by atoms with E-state index in [0.717, 1.165) is 29.9 Å². The minimum atomic E-state index is -0.201. The van der Waals surface area contributed by atoms with E-state index in [2.05, 4.69) is 10.3 Å². The Kier molecular flexibility index (Phi) is 4.69. The van der Waals surface area contributed by atoms with Crippen molar-refractivity contribution in [2.45, 2.75) is 24.1 Å². The Morgan fingerprint density at radius 3 is 2.82 bits per heavy atom. The van der Waals surface area contributed by atoms with E-state index in [1.165, 1.54) is 0 Å². The normalized spacial score (nSPS) is 15.3. The highest BCUT2D eigenvalue weighted by molar-refractivity contribution is 7.99. The van der Waals surface area contributed by atoms with Crippen LogP contribution >= 0.6 is 23.4 Å². The van der Waals surface area contributed by atoms with Gasteiger partial charge in [0.05, 0.1) is 17.0 Å². The molecule has 1 heterocycles. The van der Waals surface area contributed by atoms with Crippen LogP contribution in [0.5, 0.6) is 0 Å². The molecule has 0 radical (unpaired) electrons. The first kappa shape index (κ1) is 15.4. The fourth-order valence-electron chi connectivity index (χ4n) is 2.43. The highest BCUT2D eigenvalue weighted by Crippen LogP contribution is 2.46. The van der Waals surface area contributed by atoms with Gasteiger partial charge in [-0.25, -0.2) is 0 Å². The lowest BCUT2D eigenvalue weighted by molar-refractivity contribution is -0.119. The van der Waals surface area contributed by atoms with Gasteiger partial charge in [0.1, 0.15) is 0 Å². The van der Waals surface area contributed by atoms with E-state index >= 15 is 0 Å². The number of rotatable bonds is 6. The molecule has 3 nitrogen and oxygen atoms in total. The molecule has 22 heavy (non-hydrogen) atoms. The molecule has 0 unspecified atom stereocenters. The fraction of sp³-hybridized carbons (Fsp3) is 0.294. The monoisotopic (exact) mass is 332 g/mol. The third-order valence-corrected chi connectivity index (χ3v) is 4.92. The first-order chi connectivity index (χ1) is 10.7. The molecule has 1 amide bonds. The largest absolute Gasteiger partial charge is 0.346 e. The molecule has 2 aromatic rings. The lowest BCUT2D eigenvalue weighted by atomic mass is 10.1. The molecule has 0 atom stereocenters. The van der Waals surface area contributed by atoms with Gasteiger partial charge >= 0.3 is 0 Å². The smallest absolute Gasteiger partial charge is 0.230 e. The molecule has 5 heteroatoms. The average molecular weight is 333 g/mol. The third kappa shape index (κ3) is 3.81. The Bertz CT molecular complexity index is 659. The van der Waals surface area contributed by atoms with Crippen LogP contribution < -0.4 is 5.32 Å². The van der Waals surface area contributed by atoms with Crippen molar-refractivity contribution in [1.29, 1.82) is 0 Å². The summed E-state index contributed by atoms with van der Waals surface area (Å²) in [5.74, 6) is 1.26. The highest BCUT2D eigenvalue weighted by Gasteiger charge is 2.45. The van der Waals surface area contributed by atoms with E-state index in [9.17, 15) is 4.79 Å². The molecule has 114 valence electrons. The number of nitrogens with one attached hydrogen (secondary N) is 1. The van der Waals surface area contributed by atoms with Gasteiger partial charge in [0, 0.05) is 17.0 Å². The number of amides is 1. The van der Waals surface area contributed by atoms with Crippen molar-refractivity contribution in [2.24, 2.45) is 0 Å². The van der Waals surface area contributed by atoms with E-state index in [1.54, 1.807) is 18.0 Å². The second kappa shape index (κ2) is 6.71. The van der Waals surface area contributed by atoms with Crippen molar-refractivity contribution < 1.29 is 4.79 Å². The molecule has 0 bridgehead atoms. The first-order valence-corrected chi connectivity index (χ1v) is 8.76. The van der Waals surface area contributed by atoms with E-state index in [4.69, 9.17) is 11.6 Å². The number of halogens is 1. The van der Waals surface area contributed by atoms with Crippen LogP contribution in [0.2, 0.25) is 5.02 Å². The molecule has 1 aliphatic carbocycles. The molecule has 3 rings (SSSR count). The van der Waals surface area contributed by atoms with Gasteiger partial charge < -0.3 is 5.32 Å². The number of thioether (sulfide) groups is 1.